The molecule has 1 atom stereocenters. The topological polar surface area (TPSA) is 62.7 Å². The number of anilines is 1. The van der Waals surface area contributed by atoms with Crippen LogP contribution in [-0.4, -0.2) is 26.0 Å². The van der Waals surface area contributed by atoms with Crippen molar-refractivity contribution in [3.8, 4) is 0 Å². The Bertz CT molecular complexity index is 1210. The zero-order valence-corrected chi connectivity index (χ0v) is 20.8. The Morgan fingerprint density at radius 2 is 1.88 bits per heavy atom. The number of benzene rings is 3. The molecule has 0 bridgehead atoms. The largest absolute Gasteiger partial charge is 0.450 e. The van der Waals surface area contributed by atoms with Gasteiger partial charge < -0.3 is 15.4 Å². The summed E-state index contributed by atoms with van der Waals surface area (Å²) in [7, 11) is 1.87. The maximum atomic E-state index is 12.1. The van der Waals surface area contributed by atoms with Crippen LogP contribution in [-0.2, 0) is 11.3 Å². The predicted molar refractivity (Wildman–Crippen MR) is 142 cm³/mol. The van der Waals surface area contributed by atoms with E-state index >= 15 is 0 Å². The number of unbranched alkanes of at least 4 members (excludes halogenated alkanes) is 1. The summed E-state index contributed by atoms with van der Waals surface area (Å²) in [4.78, 5) is 16.7. The first-order valence-corrected chi connectivity index (χ1v) is 12.3. The fourth-order valence-electron chi connectivity index (χ4n) is 4.35. The van der Waals surface area contributed by atoms with Crippen molar-refractivity contribution in [2.45, 2.75) is 51.5 Å². The highest BCUT2D eigenvalue weighted by molar-refractivity contribution is 6.31. The second-order valence-corrected chi connectivity index (χ2v) is 9.54. The lowest BCUT2D eigenvalue weighted by Crippen LogP contribution is -2.24. The average Bonchev–Trinajstić information content (AvgIpc) is 3.24. The third-order valence-corrected chi connectivity index (χ3v) is 6.55. The molecule has 0 saturated heterocycles. The lowest BCUT2D eigenvalue weighted by Gasteiger charge is -2.12. The van der Waals surface area contributed by atoms with E-state index in [0.717, 1.165) is 41.8 Å². The Morgan fingerprint density at radius 3 is 2.68 bits per heavy atom. The Morgan fingerprint density at radius 1 is 1.09 bits per heavy atom. The van der Waals surface area contributed by atoms with Gasteiger partial charge in [-0.3, -0.25) is 4.99 Å². The first-order valence-electron chi connectivity index (χ1n) is 11.9. The number of carbonyl (C=O) groups excluding carboxylic acids is 1. The fourth-order valence-corrected chi connectivity index (χ4v) is 4.58. The number of halogens is 1. The Labute approximate surface area is 206 Å². The minimum absolute atomic E-state index is 0.249. The van der Waals surface area contributed by atoms with E-state index in [-0.39, 0.29) is 12.0 Å². The number of hydrogen-bond acceptors (Lipinski definition) is 4. The molecule has 0 fully saturated rings. The van der Waals surface area contributed by atoms with E-state index in [4.69, 9.17) is 16.3 Å². The van der Waals surface area contributed by atoms with Crippen molar-refractivity contribution in [3.05, 3.63) is 70.2 Å². The number of rotatable bonds is 9. The maximum absolute atomic E-state index is 12.1. The SMILES string of the molecule is CNc1cc(Cl)cc2c1N=CC2CCCCOC(=O)NCc1ccc2cc(C(C)C)ccc2c1. The van der Waals surface area contributed by atoms with Gasteiger partial charge in [0.2, 0.25) is 0 Å². The summed E-state index contributed by atoms with van der Waals surface area (Å²) in [5.41, 5.74) is 5.47. The van der Waals surface area contributed by atoms with E-state index in [1.807, 2.05) is 25.4 Å². The highest BCUT2D eigenvalue weighted by atomic mass is 35.5. The fraction of sp³-hybridized carbons (Fsp3) is 0.357. The summed E-state index contributed by atoms with van der Waals surface area (Å²) < 4.78 is 5.37. The van der Waals surface area contributed by atoms with Gasteiger partial charge in [-0.05, 0) is 70.8 Å². The van der Waals surface area contributed by atoms with Gasteiger partial charge in [0, 0.05) is 30.7 Å². The second kappa shape index (κ2) is 10.9. The number of fused-ring (bicyclic) bond motifs is 2. The van der Waals surface area contributed by atoms with Crippen LogP contribution in [0.15, 0.2) is 53.5 Å². The average molecular weight is 478 g/mol. The highest BCUT2D eigenvalue weighted by Crippen LogP contribution is 2.42. The predicted octanol–water partition coefficient (Wildman–Crippen LogP) is 7.55. The van der Waals surface area contributed by atoms with Crippen molar-refractivity contribution in [1.82, 2.24) is 5.32 Å². The van der Waals surface area contributed by atoms with E-state index in [0.29, 0.717) is 24.1 Å². The molecule has 1 heterocycles. The Kier molecular flexibility index (Phi) is 7.73. The molecule has 2 N–H and O–H groups in total. The summed E-state index contributed by atoms with van der Waals surface area (Å²) in [5.74, 6) is 0.756. The van der Waals surface area contributed by atoms with Crippen LogP contribution in [0.1, 0.15) is 61.6 Å². The highest BCUT2D eigenvalue weighted by Gasteiger charge is 2.21. The van der Waals surface area contributed by atoms with Crippen molar-refractivity contribution >= 4 is 46.1 Å². The minimum Gasteiger partial charge on any atom is -0.450 e. The van der Waals surface area contributed by atoms with Gasteiger partial charge in [0.25, 0.3) is 0 Å². The molecule has 34 heavy (non-hydrogen) atoms. The molecule has 6 heteroatoms. The van der Waals surface area contributed by atoms with Gasteiger partial charge in [0.15, 0.2) is 0 Å². The molecule has 0 aromatic heterocycles. The molecular formula is C28H32ClN3O2. The standard InChI is InChI=1S/C28H32ClN3O2/c1-18(2)20-9-10-21-12-19(7-8-22(21)13-20)16-32-28(33)34-11-5-4-6-23-17-31-27-25(23)14-24(29)15-26(27)30-3/h7-10,12-15,17-18,23,30H,4-6,11,16H2,1-3H3,(H,32,33). The number of alkyl carbamates (subject to hydrolysis) is 1. The molecule has 3 aromatic rings. The third kappa shape index (κ3) is 5.71. The number of nitrogens with one attached hydrogen (secondary N) is 2. The summed E-state index contributed by atoms with van der Waals surface area (Å²) in [5, 5.41) is 9.12. The molecule has 3 aromatic carbocycles. The lowest BCUT2D eigenvalue weighted by atomic mass is 9.95. The molecule has 0 spiro atoms. The first-order chi connectivity index (χ1) is 16.4. The van der Waals surface area contributed by atoms with Crippen molar-refractivity contribution in [3.63, 3.8) is 0 Å². The van der Waals surface area contributed by atoms with Crippen LogP contribution in [0.3, 0.4) is 0 Å². The number of amides is 1. The van der Waals surface area contributed by atoms with E-state index in [1.54, 1.807) is 0 Å². The van der Waals surface area contributed by atoms with E-state index < -0.39 is 0 Å². The number of nitrogens with zero attached hydrogens (tertiary/aromatic N) is 1. The molecular weight excluding hydrogens is 446 g/mol. The van der Waals surface area contributed by atoms with Crippen molar-refractivity contribution in [1.29, 1.82) is 0 Å². The van der Waals surface area contributed by atoms with Crippen LogP contribution >= 0.6 is 11.6 Å². The van der Waals surface area contributed by atoms with Crippen LogP contribution in [0.4, 0.5) is 16.2 Å². The maximum Gasteiger partial charge on any atom is 0.407 e. The smallest absolute Gasteiger partial charge is 0.407 e. The number of hydrogen-bond donors (Lipinski definition) is 2. The van der Waals surface area contributed by atoms with E-state index in [1.165, 1.54) is 16.3 Å². The molecule has 5 nitrogen and oxygen atoms in total. The minimum atomic E-state index is -0.381. The van der Waals surface area contributed by atoms with Crippen molar-refractivity contribution in [2.24, 2.45) is 4.99 Å². The van der Waals surface area contributed by atoms with Gasteiger partial charge >= 0.3 is 6.09 Å². The van der Waals surface area contributed by atoms with Gasteiger partial charge in [-0.25, -0.2) is 4.79 Å². The van der Waals surface area contributed by atoms with Crippen LogP contribution in [0, 0.1) is 0 Å². The molecule has 0 radical (unpaired) electrons. The number of carbonyl (C=O) groups is 1. The first kappa shape index (κ1) is 24.1. The normalized spacial score (nSPS) is 14.4. The van der Waals surface area contributed by atoms with Gasteiger partial charge in [0.05, 0.1) is 18.0 Å². The molecule has 0 aliphatic carbocycles. The molecule has 0 saturated carbocycles. The molecule has 1 amide bonds. The van der Waals surface area contributed by atoms with E-state index in [2.05, 4.69) is 65.9 Å². The molecule has 1 unspecified atom stereocenters. The molecule has 178 valence electrons. The van der Waals surface area contributed by atoms with Gasteiger partial charge in [0.1, 0.15) is 0 Å². The second-order valence-electron chi connectivity index (χ2n) is 9.11. The zero-order valence-electron chi connectivity index (χ0n) is 20.0. The van der Waals surface area contributed by atoms with Gasteiger partial charge in [-0.2, -0.15) is 0 Å². The summed E-state index contributed by atoms with van der Waals surface area (Å²) in [6, 6.07) is 16.7. The van der Waals surface area contributed by atoms with E-state index in [9.17, 15) is 4.79 Å². The van der Waals surface area contributed by atoms with Crippen molar-refractivity contribution in [2.75, 3.05) is 19.0 Å². The monoisotopic (exact) mass is 477 g/mol. The number of aliphatic imine (C=N–C) groups is 1. The Balaban J connectivity index is 1.18. The summed E-state index contributed by atoms with van der Waals surface area (Å²) in [6.07, 6.45) is 4.30. The van der Waals surface area contributed by atoms with Gasteiger partial charge in [-0.1, -0.05) is 55.8 Å². The van der Waals surface area contributed by atoms with Crippen LogP contribution in [0.5, 0.6) is 0 Å². The van der Waals surface area contributed by atoms with Crippen molar-refractivity contribution < 1.29 is 9.53 Å². The van der Waals surface area contributed by atoms with Crippen LogP contribution < -0.4 is 10.6 Å². The third-order valence-electron chi connectivity index (χ3n) is 6.33. The quantitative estimate of drug-likeness (QED) is 0.312. The summed E-state index contributed by atoms with van der Waals surface area (Å²) >= 11 is 6.25. The summed E-state index contributed by atoms with van der Waals surface area (Å²) in [6.45, 7) is 5.24. The number of ether oxygens (including phenoxy) is 1. The molecule has 4 rings (SSSR count). The lowest BCUT2D eigenvalue weighted by molar-refractivity contribution is 0.143. The molecule has 1 aliphatic rings. The van der Waals surface area contributed by atoms with Crippen LogP contribution in [0.25, 0.3) is 10.8 Å². The zero-order chi connectivity index (χ0) is 24.1. The Hall–Kier alpha value is -3.05. The van der Waals surface area contributed by atoms with Crippen LogP contribution in [0.2, 0.25) is 5.02 Å². The molecule has 1 aliphatic heterocycles. The van der Waals surface area contributed by atoms with Gasteiger partial charge in [-0.15, -0.1) is 0 Å².